The van der Waals surface area contributed by atoms with Crippen LogP contribution in [0.25, 0.3) is 0 Å². The number of oxime groups is 1. The number of methoxy groups -OCH3 is 2. The molecule has 0 saturated carbocycles. The van der Waals surface area contributed by atoms with Crippen LogP contribution in [0.4, 0.5) is 5.82 Å². The molecule has 0 aliphatic heterocycles. The smallest absolute Gasteiger partial charge is 0.228 e. The number of nitrogens with two attached hydrogens (primary N) is 1. The van der Waals surface area contributed by atoms with Gasteiger partial charge in [0.25, 0.3) is 0 Å². The maximum Gasteiger partial charge on any atom is 0.228 e. The molecule has 8 nitrogen and oxygen atoms in total. The van der Waals surface area contributed by atoms with Crippen molar-refractivity contribution >= 4 is 12.0 Å². The summed E-state index contributed by atoms with van der Waals surface area (Å²) in [6.45, 7) is 0.268. The lowest BCUT2D eigenvalue weighted by atomic mass is 10.2. The molecule has 1 aromatic carbocycles. The fraction of sp³-hybridized carbons (Fsp3) is 0.267. The van der Waals surface area contributed by atoms with E-state index in [4.69, 9.17) is 19.9 Å². The molecule has 0 fully saturated rings. The lowest BCUT2D eigenvalue weighted by Gasteiger charge is -2.11. The molecular weight excluding hydrogens is 300 g/mol. The standard InChI is InChI=1S/C15H18N4O4/c1-20-12-5-4-10(6-13(12)21-2)8-23-15-11(7-19-22-3)14(16)17-9-18-15/h4-7,9H,8H2,1-3H3,(H2,16,17,18)/b19-7+. The van der Waals surface area contributed by atoms with E-state index in [1.165, 1.54) is 19.7 Å². The fourth-order valence-electron chi connectivity index (χ4n) is 1.86. The first kappa shape index (κ1) is 16.3. The third-order valence-corrected chi connectivity index (χ3v) is 2.99. The molecule has 2 aromatic rings. The molecule has 0 bridgehead atoms. The lowest BCUT2D eigenvalue weighted by Crippen LogP contribution is -2.05. The Morgan fingerprint density at radius 1 is 1.13 bits per heavy atom. The SMILES string of the molecule is CO/N=C/c1c(N)ncnc1OCc1ccc(OC)c(OC)c1. The van der Waals surface area contributed by atoms with Gasteiger partial charge in [-0.2, -0.15) is 0 Å². The first-order valence-corrected chi connectivity index (χ1v) is 6.70. The summed E-state index contributed by atoms with van der Waals surface area (Å²) in [4.78, 5) is 12.6. The summed E-state index contributed by atoms with van der Waals surface area (Å²) in [6.07, 6.45) is 2.72. The molecule has 0 aliphatic carbocycles. The van der Waals surface area contributed by atoms with Gasteiger partial charge in [-0.25, -0.2) is 9.97 Å². The second-order valence-electron chi connectivity index (χ2n) is 4.37. The van der Waals surface area contributed by atoms with Crippen molar-refractivity contribution < 1.29 is 19.0 Å². The minimum atomic E-state index is 0.253. The van der Waals surface area contributed by atoms with Crippen LogP contribution >= 0.6 is 0 Å². The summed E-state index contributed by atoms with van der Waals surface area (Å²) in [5, 5.41) is 3.67. The van der Waals surface area contributed by atoms with Crippen molar-refractivity contribution in [2.24, 2.45) is 5.16 Å². The van der Waals surface area contributed by atoms with Crippen LogP contribution in [-0.2, 0) is 11.4 Å². The van der Waals surface area contributed by atoms with E-state index in [0.717, 1.165) is 5.56 Å². The van der Waals surface area contributed by atoms with Crippen molar-refractivity contribution in [1.29, 1.82) is 0 Å². The van der Waals surface area contributed by atoms with Crippen LogP contribution < -0.4 is 19.9 Å². The lowest BCUT2D eigenvalue weighted by molar-refractivity contribution is 0.215. The van der Waals surface area contributed by atoms with Crippen LogP contribution in [0.1, 0.15) is 11.1 Å². The van der Waals surface area contributed by atoms with Gasteiger partial charge in [-0.15, -0.1) is 0 Å². The van der Waals surface area contributed by atoms with Gasteiger partial charge in [-0.3, -0.25) is 0 Å². The second-order valence-corrected chi connectivity index (χ2v) is 4.37. The van der Waals surface area contributed by atoms with Crippen LogP contribution in [0.3, 0.4) is 0 Å². The van der Waals surface area contributed by atoms with Crippen LogP contribution in [0.5, 0.6) is 17.4 Å². The third-order valence-electron chi connectivity index (χ3n) is 2.99. The molecular formula is C15H18N4O4. The van der Waals surface area contributed by atoms with E-state index in [0.29, 0.717) is 22.9 Å². The topological polar surface area (TPSA) is 101 Å². The van der Waals surface area contributed by atoms with Crippen molar-refractivity contribution in [3.8, 4) is 17.4 Å². The normalized spacial score (nSPS) is 10.6. The van der Waals surface area contributed by atoms with Crippen LogP contribution in [-0.4, -0.2) is 37.5 Å². The van der Waals surface area contributed by atoms with E-state index < -0.39 is 0 Å². The molecule has 0 spiro atoms. The van der Waals surface area contributed by atoms with Gasteiger partial charge in [0.1, 0.15) is 31.4 Å². The van der Waals surface area contributed by atoms with Crippen LogP contribution in [0.15, 0.2) is 29.7 Å². The Hall–Kier alpha value is -3.03. The minimum Gasteiger partial charge on any atom is -0.493 e. The average molecular weight is 318 g/mol. The van der Waals surface area contributed by atoms with Gasteiger partial charge < -0.3 is 24.8 Å². The summed E-state index contributed by atoms with van der Waals surface area (Å²) in [5.74, 6) is 1.84. The number of hydrogen-bond donors (Lipinski definition) is 1. The third kappa shape index (κ3) is 4.00. The van der Waals surface area contributed by atoms with E-state index in [1.54, 1.807) is 20.3 Å². The Morgan fingerprint density at radius 3 is 2.61 bits per heavy atom. The van der Waals surface area contributed by atoms with Crippen molar-refractivity contribution in [2.45, 2.75) is 6.61 Å². The molecule has 23 heavy (non-hydrogen) atoms. The van der Waals surface area contributed by atoms with E-state index in [-0.39, 0.29) is 12.4 Å². The molecule has 2 rings (SSSR count). The summed E-state index contributed by atoms with van der Waals surface area (Å²) in [7, 11) is 4.59. The van der Waals surface area contributed by atoms with Gasteiger partial charge >= 0.3 is 0 Å². The summed E-state index contributed by atoms with van der Waals surface area (Å²) in [6, 6.07) is 5.50. The van der Waals surface area contributed by atoms with Crippen molar-refractivity contribution in [3.05, 3.63) is 35.7 Å². The highest BCUT2D eigenvalue weighted by Crippen LogP contribution is 2.28. The predicted octanol–water partition coefficient (Wildman–Crippen LogP) is 1.64. The summed E-state index contributed by atoms with van der Waals surface area (Å²) in [5.41, 5.74) is 7.14. The Labute approximate surface area is 133 Å². The number of benzene rings is 1. The number of rotatable bonds is 7. The van der Waals surface area contributed by atoms with Gasteiger partial charge in [-0.1, -0.05) is 11.2 Å². The Kier molecular flexibility index (Phi) is 5.56. The number of ether oxygens (including phenoxy) is 3. The molecule has 1 heterocycles. The van der Waals surface area contributed by atoms with Crippen molar-refractivity contribution in [2.75, 3.05) is 27.1 Å². The van der Waals surface area contributed by atoms with E-state index >= 15 is 0 Å². The van der Waals surface area contributed by atoms with E-state index in [9.17, 15) is 0 Å². The molecule has 0 aliphatic rings. The molecule has 0 saturated heterocycles. The molecule has 0 amide bonds. The predicted molar refractivity (Wildman–Crippen MR) is 84.9 cm³/mol. The van der Waals surface area contributed by atoms with Crippen molar-refractivity contribution in [3.63, 3.8) is 0 Å². The molecule has 0 atom stereocenters. The molecule has 0 radical (unpaired) electrons. The second kappa shape index (κ2) is 7.83. The summed E-state index contributed by atoms with van der Waals surface area (Å²) >= 11 is 0. The molecule has 122 valence electrons. The van der Waals surface area contributed by atoms with Crippen LogP contribution in [0, 0.1) is 0 Å². The number of hydrogen-bond acceptors (Lipinski definition) is 8. The van der Waals surface area contributed by atoms with Gasteiger partial charge in [0, 0.05) is 0 Å². The first-order valence-electron chi connectivity index (χ1n) is 6.70. The van der Waals surface area contributed by atoms with Gasteiger partial charge in [0.2, 0.25) is 5.88 Å². The quantitative estimate of drug-likeness (QED) is 0.611. The molecule has 1 aromatic heterocycles. The monoisotopic (exact) mass is 318 g/mol. The number of nitrogens with zero attached hydrogens (tertiary/aromatic N) is 3. The Balaban J connectivity index is 2.18. The number of aromatic nitrogens is 2. The largest absolute Gasteiger partial charge is 0.493 e. The highest BCUT2D eigenvalue weighted by atomic mass is 16.6. The zero-order valence-corrected chi connectivity index (χ0v) is 13.1. The van der Waals surface area contributed by atoms with Gasteiger partial charge in [-0.05, 0) is 17.7 Å². The maximum absolute atomic E-state index is 5.80. The van der Waals surface area contributed by atoms with Gasteiger partial charge in [0.15, 0.2) is 11.5 Å². The van der Waals surface area contributed by atoms with Crippen molar-refractivity contribution in [1.82, 2.24) is 9.97 Å². The number of anilines is 1. The van der Waals surface area contributed by atoms with Gasteiger partial charge in [0.05, 0.1) is 20.4 Å². The number of nitrogen functional groups attached to an aromatic ring is 1. The molecule has 8 heteroatoms. The summed E-state index contributed by atoms with van der Waals surface area (Å²) < 4.78 is 16.2. The van der Waals surface area contributed by atoms with Crippen LogP contribution in [0.2, 0.25) is 0 Å². The zero-order chi connectivity index (χ0) is 16.7. The first-order chi connectivity index (χ1) is 11.2. The highest BCUT2D eigenvalue weighted by molar-refractivity contribution is 5.87. The average Bonchev–Trinajstić information content (AvgIpc) is 2.58. The Morgan fingerprint density at radius 2 is 1.91 bits per heavy atom. The molecule has 0 unspecified atom stereocenters. The van der Waals surface area contributed by atoms with E-state index in [1.807, 2.05) is 12.1 Å². The maximum atomic E-state index is 5.80. The van der Waals surface area contributed by atoms with E-state index in [2.05, 4.69) is 20.0 Å². The minimum absolute atomic E-state index is 0.253. The molecule has 2 N–H and O–H groups in total. The Bertz CT molecular complexity index is 691. The zero-order valence-electron chi connectivity index (χ0n) is 13.1. The fourth-order valence-corrected chi connectivity index (χ4v) is 1.86. The highest BCUT2D eigenvalue weighted by Gasteiger charge is 2.10.